The van der Waals surface area contributed by atoms with E-state index in [0.717, 1.165) is 23.8 Å². The van der Waals surface area contributed by atoms with E-state index in [1.807, 2.05) is 0 Å². The SMILES string of the molecule is COc1c2c(nc3cc(Cl)c(Cl)cc13)C(=O)CCC2. The van der Waals surface area contributed by atoms with Crippen molar-refractivity contribution in [1.29, 1.82) is 0 Å². The van der Waals surface area contributed by atoms with Gasteiger partial charge >= 0.3 is 0 Å². The molecule has 0 spiro atoms. The molecule has 0 fully saturated rings. The van der Waals surface area contributed by atoms with Crippen LogP contribution in [-0.2, 0) is 6.42 Å². The molecular formula is C14H11Cl2NO2. The molecule has 3 rings (SSSR count). The van der Waals surface area contributed by atoms with Crippen LogP contribution in [0.15, 0.2) is 12.1 Å². The third kappa shape index (κ3) is 1.97. The quantitative estimate of drug-likeness (QED) is 0.796. The van der Waals surface area contributed by atoms with E-state index in [9.17, 15) is 4.79 Å². The number of benzene rings is 1. The number of fused-ring (bicyclic) bond motifs is 2. The first-order valence-corrected chi connectivity index (χ1v) is 6.76. The monoisotopic (exact) mass is 295 g/mol. The normalized spacial score (nSPS) is 14.6. The smallest absolute Gasteiger partial charge is 0.181 e. The Kier molecular flexibility index (Phi) is 3.11. The van der Waals surface area contributed by atoms with Crippen LogP contribution in [0, 0.1) is 0 Å². The highest BCUT2D eigenvalue weighted by Gasteiger charge is 2.24. The van der Waals surface area contributed by atoms with Crippen LogP contribution in [0.2, 0.25) is 10.0 Å². The fraction of sp³-hybridized carbons (Fsp3) is 0.286. The molecule has 0 unspecified atom stereocenters. The van der Waals surface area contributed by atoms with Crippen LogP contribution in [0.4, 0.5) is 0 Å². The Balaban J connectivity index is 2.41. The lowest BCUT2D eigenvalue weighted by molar-refractivity contribution is 0.0967. The van der Waals surface area contributed by atoms with Crippen molar-refractivity contribution >= 4 is 39.9 Å². The lowest BCUT2D eigenvalue weighted by atomic mass is 9.92. The number of pyridine rings is 1. The second-order valence-electron chi connectivity index (χ2n) is 4.53. The Morgan fingerprint density at radius 1 is 1.21 bits per heavy atom. The number of nitrogens with zero attached hydrogens (tertiary/aromatic N) is 1. The van der Waals surface area contributed by atoms with Gasteiger partial charge in [0.25, 0.3) is 0 Å². The minimum atomic E-state index is 0.0625. The summed E-state index contributed by atoms with van der Waals surface area (Å²) in [4.78, 5) is 16.4. The molecule has 5 heteroatoms. The van der Waals surface area contributed by atoms with Gasteiger partial charge in [-0.3, -0.25) is 4.79 Å². The summed E-state index contributed by atoms with van der Waals surface area (Å²) in [6, 6.07) is 3.41. The highest BCUT2D eigenvalue weighted by molar-refractivity contribution is 6.42. The number of carbonyl (C=O) groups excluding carboxylic acids is 1. The summed E-state index contributed by atoms with van der Waals surface area (Å²) in [7, 11) is 1.59. The minimum Gasteiger partial charge on any atom is -0.496 e. The molecule has 3 nitrogen and oxygen atoms in total. The summed E-state index contributed by atoms with van der Waals surface area (Å²) in [6.45, 7) is 0. The fourth-order valence-corrected chi connectivity index (χ4v) is 2.83. The van der Waals surface area contributed by atoms with E-state index in [4.69, 9.17) is 27.9 Å². The first kappa shape index (κ1) is 12.7. The van der Waals surface area contributed by atoms with Crippen molar-refractivity contribution in [3.05, 3.63) is 33.4 Å². The largest absolute Gasteiger partial charge is 0.496 e. The Morgan fingerprint density at radius 3 is 2.68 bits per heavy atom. The van der Waals surface area contributed by atoms with Gasteiger partial charge in [0.2, 0.25) is 0 Å². The van der Waals surface area contributed by atoms with Crippen molar-refractivity contribution in [3.63, 3.8) is 0 Å². The maximum atomic E-state index is 12.0. The van der Waals surface area contributed by atoms with E-state index in [1.165, 1.54) is 0 Å². The third-order valence-electron chi connectivity index (χ3n) is 3.37. The van der Waals surface area contributed by atoms with Crippen LogP contribution >= 0.6 is 23.2 Å². The van der Waals surface area contributed by atoms with E-state index in [0.29, 0.717) is 33.4 Å². The second kappa shape index (κ2) is 4.66. The molecule has 0 amide bonds. The zero-order valence-electron chi connectivity index (χ0n) is 10.3. The van der Waals surface area contributed by atoms with Gasteiger partial charge in [-0.15, -0.1) is 0 Å². The molecule has 19 heavy (non-hydrogen) atoms. The number of methoxy groups -OCH3 is 1. The second-order valence-corrected chi connectivity index (χ2v) is 5.35. The highest BCUT2D eigenvalue weighted by atomic mass is 35.5. The van der Waals surface area contributed by atoms with E-state index in [-0.39, 0.29) is 5.78 Å². The number of ether oxygens (including phenoxy) is 1. The van der Waals surface area contributed by atoms with Crippen molar-refractivity contribution in [2.24, 2.45) is 0 Å². The summed E-state index contributed by atoms with van der Waals surface area (Å²) >= 11 is 12.1. The topological polar surface area (TPSA) is 39.2 Å². The van der Waals surface area contributed by atoms with E-state index >= 15 is 0 Å². The van der Waals surface area contributed by atoms with Gasteiger partial charge in [-0.05, 0) is 25.0 Å². The number of ketones is 1. The average Bonchev–Trinajstić information content (AvgIpc) is 2.39. The number of Topliss-reactive ketones (excluding diaryl/α,β-unsaturated/α-hetero) is 1. The van der Waals surface area contributed by atoms with Gasteiger partial charge in [0.05, 0.1) is 22.7 Å². The molecule has 1 aliphatic rings. The molecule has 0 saturated carbocycles. The van der Waals surface area contributed by atoms with Gasteiger partial charge in [0.15, 0.2) is 5.78 Å². The molecule has 1 aromatic heterocycles. The third-order valence-corrected chi connectivity index (χ3v) is 4.10. The molecule has 2 aromatic rings. The highest BCUT2D eigenvalue weighted by Crippen LogP contribution is 2.38. The summed E-state index contributed by atoms with van der Waals surface area (Å²) in [6.07, 6.45) is 2.17. The molecular weight excluding hydrogens is 285 g/mol. The number of aromatic nitrogens is 1. The van der Waals surface area contributed by atoms with Crippen LogP contribution in [0.1, 0.15) is 28.9 Å². The van der Waals surface area contributed by atoms with Gasteiger partial charge in [-0.1, -0.05) is 23.2 Å². The van der Waals surface area contributed by atoms with Crippen molar-refractivity contribution < 1.29 is 9.53 Å². The molecule has 0 saturated heterocycles. The van der Waals surface area contributed by atoms with E-state index in [2.05, 4.69) is 4.98 Å². The number of halogens is 2. The van der Waals surface area contributed by atoms with Gasteiger partial charge in [0.1, 0.15) is 11.4 Å². The van der Waals surface area contributed by atoms with Gasteiger partial charge in [-0.2, -0.15) is 0 Å². The van der Waals surface area contributed by atoms with E-state index in [1.54, 1.807) is 19.2 Å². The molecule has 0 N–H and O–H groups in total. The van der Waals surface area contributed by atoms with Crippen molar-refractivity contribution in [1.82, 2.24) is 4.98 Å². The van der Waals surface area contributed by atoms with Crippen molar-refractivity contribution in [2.75, 3.05) is 7.11 Å². The van der Waals surface area contributed by atoms with Crippen LogP contribution in [-0.4, -0.2) is 17.9 Å². The zero-order valence-corrected chi connectivity index (χ0v) is 11.8. The lowest BCUT2D eigenvalue weighted by Crippen LogP contribution is -2.14. The first-order chi connectivity index (χ1) is 9.11. The molecule has 0 bridgehead atoms. The summed E-state index contributed by atoms with van der Waals surface area (Å²) in [5, 5.41) is 1.67. The molecule has 0 aliphatic heterocycles. The van der Waals surface area contributed by atoms with Gasteiger partial charge < -0.3 is 4.74 Å². The Labute approximate surface area is 120 Å². The molecule has 1 aliphatic carbocycles. The lowest BCUT2D eigenvalue weighted by Gasteiger charge is -2.19. The van der Waals surface area contributed by atoms with Crippen molar-refractivity contribution in [2.45, 2.75) is 19.3 Å². The average molecular weight is 296 g/mol. The maximum absolute atomic E-state index is 12.0. The number of hydrogen-bond acceptors (Lipinski definition) is 3. The predicted octanol–water partition coefficient (Wildman–Crippen LogP) is 4.07. The Bertz CT molecular complexity index is 698. The summed E-state index contributed by atoms with van der Waals surface area (Å²) in [5.74, 6) is 0.749. The predicted molar refractivity (Wildman–Crippen MR) is 75.6 cm³/mol. The van der Waals surface area contributed by atoms with Gasteiger partial charge in [-0.25, -0.2) is 4.98 Å². The zero-order chi connectivity index (χ0) is 13.6. The summed E-state index contributed by atoms with van der Waals surface area (Å²) < 4.78 is 5.48. The van der Waals surface area contributed by atoms with E-state index < -0.39 is 0 Å². The van der Waals surface area contributed by atoms with Crippen molar-refractivity contribution in [3.8, 4) is 5.75 Å². The van der Waals surface area contributed by atoms with Crippen LogP contribution in [0.3, 0.4) is 0 Å². The molecule has 0 radical (unpaired) electrons. The van der Waals surface area contributed by atoms with Gasteiger partial charge in [0, 0.05) is 17.4 Å². The standard InChI is InChI=1S/C14H11Cl2NO2/c1-19-14-7-3-2-4-12(18)13(7)17-11-6-10(16)9(15)5-8(11)14/h5-6H,2-4H2,1H3. The number of carbonyl (C=O) groups is 1. The molecule has 98 valence electrons. The van der Waals surface area contributed by atoms with Crippen LogP contribution in [0.5, 0.6) is 5.75 Å². The fourth-order valence-electron chi connectivity index (χ4n) is 2.51. The number of hydrogen-bond donors (Lipinski definition) is 0. The molecule has 0 atom stereocenters. The molecule has 1 heterocycles. The minimum absolute atomic E-state index is 0.0625. The Hall–Kier alpha value is -1.32. The maximum Gasteiger partial charge on any atom is 0.181 e. The summed E-state index contributed by atoms with van der Waals surface area (Å²) in [5.41, 5.74) is 2.03. The molecule has 1 aromatic carbocycles. The van der Waals surface area contributed by atoms with Crippen LogP contribution in [0.25, 0.3) is 10.9 Å². The van der Waals surface area contributed by atoms with Crippen LogP contribution < -0.4 is 4.74 Å². The Morgan fingerprint density at radius 2 is 1.95 bits per heavy atom. The number of rotatable bonds is 1. The first-order valence-electron chi connectivity index (χ1n) is 6.00.